The molecule has 0 radical (unpaired) electrons. The summed E-state index contributed by atoms with van der Waals surface area (Å²) in [7, 11) is -3.91. The van der Waals surface area contributed by atoms with E-state index in [9.17, 15) is 4.57 Å². The molecule has 0 fully saturated rings. The van der Waals surface area contributed by atoms with Crippen LogP contribution in [0.15, 0.2) is 0 Å². The van der Waals surface area contributed by atoms with Crippen molar-refractivity contribution in [1.29, 1.82) is 0 Å². The van der Waals surface area contributed by atoms with E-state index < -0.39 is 13.9 Å². The van der Waals surface area contributed by atoms with Crippen molar-refractivity contribution < 1.29 is 23.6 Å². The molecule has 2 atom stereocenters. The van der Waals surface area contributed by atoms with Crippen LogP contribution in [0, 0.1) is 0 Å². The lowest BCUT2D eigenvalue weighted by molar-refractivity contribution is 0.0847. The molecular formula is C5H13O5P. The van der Waals surface area contributed by atoms with Crippen molar-refractivity contribution >= 4 is 7.82 Å². The van der Waals surface area contributed by atoms with Crippen molar-refractivity contribution in [3.8, 4) is 0 Å². The van der Waals surface area contributed by atoms with E-state index in [1.807, 2.05) is 0 Å². The molecule has 2 unspecified atom stereocenters. The average molecular weight is 184 g/mol. The van der Waals surface area contributed by atoms with Crippen LogP contribution in [0.5, 0.6) is 0 Å². The van der Waals surface area contributed by atoms with Gasteiger partial charge in [0, 0.05) is 0 Å². The van der Waals surface area contributed by atoms with Gasteiger partial charge in [-0.15, -0.1) is 0 Å². The van der Waals surface area contributed by atoms with Crippen LogP contribution in [0.2, 0.25) is 0 Å². The third-order valence-electron chi connectivity index (χ3n) is 0.771. The number of aliphatic hydroxyl groups excluding tert-OH is 1. The third-order valence-corrected chi connectivity index (χ3v) is 1.83. The van der Waals surface area contributed by atoms with Gasteiger partial charge < -0.3 is 10.00 Å². The Morgan fingerprint density at radius 3 is 2.45 bits per heavy atom. The van der Waals surface area contributed by atoms with Gasteiger partial charge in [-0.3, -0.25) is 9.05 Å². The normalized spacial score (nSPS) is 19.3. The van der Waals surface area contributed by atoms with E-state index in [0.29, 0.717) is 0 Å². The second-order valence-corrected chi connectivity index (χ2v) is 3.48. The highest BCUT2D eigenvalue weighted by Crippen LogP contribution is 2.42. The number of aliphatic hydroxyl groups is 1. The Morgan fingerprint density at radius 2 is 2.09 bits per heavy atom. The van der Waals surface area contributed by atoms with Gasteiger partial charge in [0.25, 0.3) is 0 Å². The minimum Gasteiger partial charge on any atom is -0.391 e. The highest BCUT2D eigenvalue weighted by Gasteiger charge is 2.20. The molecule has 0 bridgehead atoms. The van der Waals surface area contributed by atoms with E-state index >= 15 is 0 Å². The zero-order valence-corrected chi connectivity index (χ0v) is 7.45. The van der Waals surface area contributed by atoms with Crippen molar-refractivity contribution in [2.75, 3.05) is 13.2 Å². The smallest absolute Gasteiger partial charge is 0.391 e. The van der Waals surface area contributed by atoms with E-state index in [1.165, 1.54) is 6.92 Å². The van der Waals surface area contributed by atoms with Crippen LogP contribution in [0.1, 0.15) is 13.8 Å². The first-order chi connectivity index (χ1) is 4.98. The van der Waals surface area contributed by atoms with Crippen molar-refractivity contribution in [3.63, 3.8) is 0 Å². The molecule has 6 heteroatoms. The number of rotatable bonds is 5. The number of hydrogen-bond donors (Lipinski definition) is 2. The van der Waals surface area contributed by atoms with Crippen molar-refractivity contribution in [2.24, 2.45) is 0 Å². The summed E-state index contributed by atoms with van der Waals surface area (Å²) in [5, 5.41) is 8.67. The fraction of sp³-hybridized carbons (Fsp3) is 1.00. The first-order valence-corrected chi connectivity index (χ1v) is 4.77. The van der Waals surface area contributed by atoms with Crippen LogP contribution in [-0.2, 0) is 13.6 Å². The van der Waals surface area contributed by atoms with Gasteiger partial charge in [0.05, 0.1) is 19.3 Å². The molecule has 0 aliphatic heterocycles. The van der Waals surface area contributed by atoms with Gasteiger partial charge in [-0.25, -0.2) is 4.57 Å². The summed E-state index contributed by atoms with van der Waals surface area (Å²) in [5.74, 6) is 0. The van der Waals surface area contributed by atoms with Crippen LogP contribution < -0.4 is 0 Å². The maximum Gasteiger partial charge on any atom is 0.472 e. The SMILES string of the molecule is CCOP(=O)(O)OCC(C)O. The molecule has 0 aromatic carbocycles. The van der Waals surface area contributed by atoms with Gasteiger partial charge in [0.15, 0.2) is 0 Å². The first-order valence-electron chi connectivity index (χ1n) is 3.28. The van der Waals surface area contributed by atoms with E-state index in [0.717, 1.165) is 0 Å². The quantitative estimate of drug-likeness (QED) is 0.609. The molecule has 68 valence electrons. The monoisotopic (exact) mass is 184 g/mol. The Kier molecular flexibility index (Phi) is 4.88. The van der Waals surface area contributed by atoms with Gasteiger partial charge in [0.2, 0.25) is 0 Å². The van der Waals surface area contributed by atoms with E-state index in [2.05, 4.69) is 9.05 Å². The Hall–Kier alpha value is 0.0700. The largest absolute Gasteiger partial charge is 0.472 e. The lowest BCUT2D eigenvalue weighted by atomic mass is 10.5. The van der Waals surface area contributed by atoms with Gasteiger partial charge in [0.1, 0.15) is 0 Å². The maximum atomic E-state index is 10.7. The molecular weight excluding hydrogens is 171 g/mol. The third kappa shape index (κ3) is 6.47. The predicted octanol–water partition coefficient (Wildman–Crippen LogP) is 0.521. The molecule has 2 N–H and O–H groups in total. The summed E-state index contributed by atoms with van der Waals surface area (Å²) >= 11 is 0. The summed E-state index contributed by atoms with van der Waals surface area (Å²) < 4.78 is 19.4. The summed E-state index contributed by atoms with van der Waals surface area (Å²) in [6, 6.07) is 0. The number of hydrogen-bond acceptors (Lipinski definition) is 4. The van der Waals surface area contributed by atoms with Crippen LogP contribution in [-0.4, -0.2) is 29.3 Å². The maximum absolute atomic E-state index is 10.7. The van der Waals surface area contributed by atoms with Crippen molar-refractivity contribution in [3.05, 3.63) is 0 Å². The summed E-state index contributed by atoms with van der Waals surface area (Å²) in [4.78, 5) is 8.76. The molecule has 0 aromatic heterocycles. The van der Waals surface area contributed by atoms with Crippen LogP contribution in [0.4, 0.5) is 0 Å². The van der Waals surface area contributed by atoms with E-state index in [1.54, 1.807) is 6.92 Å². The molecule has 0 rings (SSSR count). The highest BCUT2D eigenvalue weighted by atomic mass is 31.2. The van der Waals surface area contributed by atoms with Gasteiger partial charge >= 0.3 is 7.82 Å². The number of phosphoric ester groups is 1. The lowest BCUT2D eigenvalue weighted by Gasteiger charge is -2.11. The van der Waals surface area contributed by atoms with Crippen LogP contribution >= 0.6 is 7.82 Å². The minimum absolute atomic E-state index is 0.105. The summed E-state index contributed by atoms with van der Waals surface area (Å²) in [5.41, 5.74) is 0. The number of phosphoric acid groups is 1. The summed E-state index contributed by atoms with van der Waals surface area (Å²) in [6.45, 7) is 2.93. The fourth-order valence-electron chi connectivity index (χ4n) is 0.402. The van der Waals surface area contributed by atoms with E-state index in [4.69, 9.17) is 10.00 Å². The molecule has 0 aromatic rings. The molecule has 0 saturated carbocycles. The molecule has 11 heavy (non-hydrogen) atoms. The molecule has 5 nitrogen and oxygen atoms in total. The van der Waals surface area contributed by atoms with Gasteiger partial charge in [-0.2, -0.15) is 0 Å². The Morgan fingerprint density at radius 1 is 1.55 bits per heavy atom. The first kappa shape index (κ1) is 11.1. The van der Waals surface area contributed by atoms with Crippen molar-refractivity contribution in [1.82, 2.24) is 0 Å². The van der Waals surface area contributed by atoms with Crippen LogP contribution in [0.3, 0.4) is 0 Å². The fourth-order valence-corrected chi connectivity index (χ4v) is 1.21. The van der Waals surface area contributed by atoms with Crippen LogP contribution in [0.25, 0.3) is 0 Å². The molecule has 0 heterocycles. The topological polar surface area (TPSA) is 76.0 Å². The Balaban J connectivity index is 3.64. The molecule has 0 amide bonds. The lowest BCUT2D eigenvalue weighted by Crippen LogP contribution is -2.09. The Bertz CT molecular complexity index is 146. The summed E-state index contributed by atoms with van der Waals surface area (Å²) in [6.07, 6.45) is -0.768. The zero-order chi connectivity index (χ0) is 8.91. The molecule has 0 spiro atoms. The standard InChI is InChI=1S/C5H13O5P/c1-3-9-11(7,8)10-4-5(2)6/h5-6H,3-4H2,1-2H3,(H,7,8). The van der Waals surface area contributed by atoms with Gasteiger partial charge in [-0.05, 0) is 13.8 Å². The van der Waals surface area contributed by atoms with E-state index in [-0.39, 0.29) is 13.2 Å². The molecule has 0 saturated heterocycles. The second-order valence-electron chi connectivity index (χ2n) is 2.03. The average Bonchev–Trinajstić information content (AvgIpc) is 1.84. The Labute approximate surface area is 65.6 Å². The molecule has 0 aliphatic carbocycles. The molecule has 0 aliphatic rings. The van der Waals surface area contributed by atoms with Gasteiger partial charge in [-0.1, -0.05) is 0 Å². The van der Waals surface area contributed by atoms with Crippen molar-refractivity contribution in [2.45, 2.75) is 20.0 Å². The zero-order valence-electron chi connectivity index (χ0n) is 6.56. The second kappa shape index (κ2) is 4.85. The minimum atomic E-state index is -3.91. The highest BCUT2D eigenvalue weighted by molar-refractivity contribution is 7.47. The predicted molar refractivity (Wildman–Crippen MR) is 39.1 cm³/mol.